The lowest BCUT2D eigenvalue weighted by atomic mass is 9.80. The van der Waals surface area contributed by atoms with E-state index in [1.165, 1.54) is 0 Å². The van der Waals surface area contributed by atoms with E-state index in [4.69, 9.17) is 35.0 Å². The van der Waals surface area contributed by atoms with Crippen LogP contribution in [0.25, 0.3) is 0 Å². The number of benzene rings is 1. The van der Waals surface area contributed by atoms with Gasteiger partial charge in [-0.05, 0) is 20.3 Å². The summed E-state index contributed by atoms with van der Waals surface area (Å²) in [5.41, 5.74) is 2.83. The van der Waals surface area contributed by atoms with Crippen molar-refractivity contribution in [2.24, 2.45) is 0 Å². The molecule has 1 fully saturated rings. The number of aliphatic hydroxyl groups excluding tert-OH is 1. The third-order valence-corrected chi connectivity index (χ3v) is 2.96. The molecule has 98 valence electrons. The van der Waals surface area contributed by atoms with Gasteiger partial charge >= 0.3 is 0 Å². The fourth-order valence-corrected chi connectivity index (χ4v) is 1.96. The van der Waals surface area contributed by atoms with Crippen LogP contribution in [0.1, 0.15) is 31.3 Å². The Labute approximate surface area is 115 Å². The molecule has 1 aromatic rings. The zero-order valence-electron chi connectivity index (χ0n) is 11.1. The van der Waals surface area contributed by atoms with Crippen LogP contribution in [0.4, 0.5) is 0 Å². The van der Waals surface area contributed by atoms with E-state index in [9.17, 15) is 0 Å². The van der Waals surface area contributed by atoms with Crippen molar-refractivity contribution in [1.82, 2.24) is 0 Å². The van der Waals surface area contributed by atoms with E-state index < -0.39 is 12.6 Å². The summed E-state index contributed by atoms with van der Waals surface area (Å²) in [5.74, 6) is 0. The first-order chi connectivity index (χ1) is 8.97. The van der Waals surface area contributed by atoms with Gasteiger partial charge in [-0.2, -0.15) is 0 Å². The molecule has 1 aliphatic heterocycles. The summed E-state index contributed by atoms with van der Waals surface area (Å²) in [6, 6.07) is 3.56. The van der Waals surface area contributed by atoms with Gasteiger partial charge in [0.2, 0.25) is 0 Å². The second kappa shape index (κ2) is 6.09. The molecular weight excluding hydrogens is 242 g/mol. The molecule has 4 nitrogen and oxygen atoms in total. The minimum Gasteiger partial charge on any atom is -0.368 e. The highest BCUT2D eigenvalue weighted by Crippen LogP contribution is 2.29. The molecule has 0 aromatic heterocycles. The Bertz CT molecular complexity index is 445. The first kappa shape index (κ1) is 14.6. The topological polar surface area (TPSA) is 47.9 Å². The van der Waals surface area contributed by atoms with Crippen molar-refractivity contribution in [1.29, 1.82) is 0 Å². The smallest absolute Gasteiger partial charge is 0.189 e. The predicted octanol–water partition coefficient (Wildman–Crippen LogP) is -0.437. The summed E-state index contributed by atoms with van der Waals surface area (Å²) in [5, 5.41) is 9.02. The Kier molecular flexibility index (Phi) is 4.68. The van der Waals surface area contributed by atoms with Crippen LogP contribution in [0.2, 0.25) is 0 Å². The third kappa shape index (κ3) is 3.60. The molecule has 1 atom stereocenters. The molecule has 0 aliphatic carbocycles. The molecule has 1 heterocycles. The molecule has 0 amide bonds. The van der Waals surface area contributed by atoms with Gasteiger partial charge in [0.15, 0.2) is 18.9 Å². The number of hydrogen-bond donors (Lipinski definition) is 1. The molecule has 0 saturated carbocycles. The summed E-state index contributed by atoms with van der Waals surface area (Å²) in [7, 11) is 11.9. The Morgan fingerprint density at radius 1 is 1.32 bits per heavy atom. The average Bonchev–Trinajstić information content (AvgIpc) is 2.29. The Morgan fingerprint density at radius 2 is 2.00 bits per heavy atom. The number of aliphatic hydroxyl groups is 1. The molecule has 1 aliphatic rings. The fraction of sp³-hybridized carbons (Fsp3) is 0.538. The highest BCUT2D eigenvalue weighted by atomic mass is 16.9. The number of hydrogen-bond acceptors (Lipinski definition) is 4. The Morgan fingerprint density at radius 3 is 2.58 bits per heavy atom. The van der Waals surface area contributed by atoms with Crippen LogP contribution in [0.15, 0.2) is 12.1 Å². The summed E-state index contributed by atoms with van der Waals surface area (Å²) >= 11 is 0. The van der Waals surface area contributed by atoms with Gasteiger partial charge in [-0.25, -0.2) is 0 Å². The normalized spacial score (nSPS) is 23.9. The average molecular weight is 258 g/mol. The van der Waals surface area contributed by atoms with E-state index in [0.717, 1.165) is 11.1 Å². The van der Waals surface area contributed by atoms with Crippen LogP contribution >= 0.6 is 0 Å². The van der Waals surface area contributed by atoms with Crippen molar-refractivity contribution in [2.75, 3.05) is 6.61 Å². The second-order valence-electron chi connectivity index (χ2n) is 4.57. The van der Waals surface area contributed by atoms with Crippen LogP contribution in [0.5, 0.6) is 0 Å². The standard InChI is InChI=1S/C13H16B2O4/c1-7(16)17-4-3-9-5-12(15)10(6-11(9)14)13-18-8(2)19-13/h5-8,13,16H,3-4H2,1-2H3. The van der Waals surface area contributed by atoms with Crippen molar-refractivity contribution in [2.45, 2.75) is 39.1 Å². The third-order valence-electron chi connectivity index (χ3n) is 2.96. The molecule has 0 bridgehead atoms. The van der Waals surface area contributed by atoms with Gasteiger partial charge < -0.3 is 19.3 Å². The minimum absolute atomic E-state index is 0.204. The molecule has 6 heteroatoms. The van der Waals surface area contributed by atoms with Gasteiger partial charge in [-0.3, -0.25) is 0 Å². The van der Waals surface area contributed by atoms with E-state index in [1.54, 1.807) is 19.1 Å². The maximum atomic E-state index is 9.02. The van der Waals surface area contributed by atoms with Crippen LogP contribution < -0.4 is 10.9 Å². The zero-order valence-corrected chi connectivity index (χ0v) is 11.1. The molecule has 1 saturated heterocycles. The quantitative estimate of drug-likeness (QED) is 0.574. The van der Waals surface area contributed by atoms with E-state index in [-0.39, 0.29) is 6.29 Å². The van der Waals surface area contributed by atoms with E-state index in [0.29, 0.717) is 24.0 Å². The van der Waals surface area contributed by atoms with Gasteiger partial charge in [0.1, 0.15) is 15.7 Å². The van der Waals surface area contributed by atoms with Crippen molar-refractivity contribution < 1.29 is 19.3 Å². The van der Waals surface area contributed by atoms with Crippen molar-refractivity contribution in [3.8, 4) is 0 Å². The summed E-state index contributed by atoms with van der Waals surface area (Å²) < 4.78 is 15.9. The van der Waals surface area contributed by atoms with E-state index >= 15 is 0 Å². The molecule has 1 aromatic carbocycles. The lowest BCUT2D eigenvalue weighted by Gasteiger charge is -2.35. The summed E-state index contributed by atoms with van der Waals surface area (Å²) in [6.45, 7) is 3.76. The monoisotopic (exact) mass is 258 g/mol. The van der Waals surface area contributed by atoms with Crippen molar-refractivity contribution >= 4 is 26.6 Å². The first-order valence-electron chi connectivity index (χ1n) is 6.25. The summed E-state index contributed by atoms with van der Waals surface area (Å²) in [6.07, 6.45) is -0.829. The van der Waals surface area contributed by atoms with Gasteiger partial charge in [-0.15, -0.1) is 0 Å². The van der Waals surface area contributed by atoms with E-state index in [2.05, 4.69) is 0 Å². The Balaban J connectivity index is 2.04. The molecule has 19 heavy (non-hydrogen) atoms. The SMILES string of the molecule is [B]c1cc(C2OC(C)O2)c([B])cc1CCOC(C)O. The second-order valence-corrected chi connectivity index (χ2v) is 4.57. The largest absolute Gasteiger partial charge is 0.368 e. The fourth-order valence-electron chi connectivity index (χ4n) is 1.96. The van der Waals surface area contributed by atoms with Gasteiger partial charge in [0.05, 0.1) is 6.61 Å². The molecule has 4 radical (unpaired) electrons. The zero-order chi connectivity index (χ0) is 14.0. The molecular formula is C13H16B2O4. The molecule has 1 N–H and O–H groups in total. The molecule has 1 unspecified atom stereocenters. The first-order valence-corrected chi connectivity index (χ1v) is 6.25. The van der Waals surface area contributed by atoms with E-state index in [1.807, 2.05) is 6.92 Å². The molecule has 2 rings (SSSR count). The van der Waals surface area contributed by atoms with Crippen LogP contribution in [0.3, 0.4) is 0 Å². The predicted molar refractivity (Wildman–Crippen MR) is 72.9 cm³/mol. The van der Waals surface area contributed by atoms with Crippen LogP contribution in [-0.2, 0) is 20.6 Å². The van der Waals surface area contributed by atoms with Gasteiger partial charge in [-0.1, -0.05) is 28.6 Å². The highest BCUT2D eigenvalue weighted by molar-refractivity contribution is 6.37. The highest BCUT2D eigenvalue weighted by Gasteiger charge is 2.29. The number of rotatable bonds is 5. The lowest BCUT2D eigenvalue weighted by molar-refractivity contribution is -0.382. The summed E-state index contributed by atoms with van der Waals surface area (Å²) in [4.78, 5) is 0. The Hall–Kier alpha value is -0.810. The van der Waals surface area contributed by atoms with Gasteiger partial charge in [0.25, 0.3) is 0 Å². The van der Waals surface area contributed by atoms with Crippen molar-refractivity contribution in [3.05, 3.63) is 23.3 Å². The minimum atomic E-state index is -0.781. The molecule has 0 spiro atoms. The van der Waals surface area contributed by atoms with Crippen LogP contribution in [0, 0.1) is 0 Å². The lowest BCUT2D eigenvalue weighted by Crippen LogP contribution is -2.36. The maximum absolute atomic E-state index is 9.02. The van der Waals surface area contributed by atoms with Crippen LogP contribution in [-0.4, -0.2) is 40.0 Å². The number of ether oxygens (including phenoxy) is 3. The van der Waals surface area contributed by atoms with Gasteiger partial charge in [0, 0.05) is 5.56 Å². The maximum Gasteiger partial charge on any atom is 0.189 e. The van der Waals surface area contributed by atoms with Crippen molar-refractivity contribution in [3.63, 3.8) is 0 Å².